The summed E-state index contributed by atoms with van der Waals surface area (Å²) in [4.78, 5) is 11.8. The largest absolute Gasteiger partial charge is 0.456 e. The highest BCUT2D eigenvalue weighted by Gasteiger charge is 2.15. The van der Waals surface area contributed by atoms with E-state index in [1.165, 1.54) is 11.8 Å². The summed E-state index contributed by atoms with van der Waals surface area (Å²) >= 11 is 1.47. The van der Waals surface area contributed by atoms with Gasteiger partial charge in [0, 0.05) is 10.8 Å². The Balaban J connectivity index is 2.01. The lowest BCUT2D eigenvalue weighted by Gasteiger charge is -2.08. The van der Waals surface area contributed by atoms with E-state index in [9.17, 15) is 4.79 Å². The van der Waals surface area contributed by atoms with Crippen LogP contribution in [-0.4, -0.2) is 17.5 Å². The second kappa shape index (κ2) is 5.21. The van der Waals surface area contributed by atoms with Crippen LogP contribution in [0, 0.1) is 0 Å². The molecule has 102 valence electrons. The van der Waals surface area contributed by atoms with Gasteiger partial charge in [-0.05, 0) is 37.4 Å². The molecule has 0 amide bonds. The van der Waals surface area contributed by atoms with Crippen LogP contribution in [-0.2, 0) is 4.79 Å². The summed E-state index contributed by atoms with van der Waals surface area (Å²) in [6.45, 7) is 1.83. The third-order valence-corrected chi connectivity index (χ3v) is 4.15. The van der Waals surface area contributed by atoms with Gasteiger partial charge < -0.3 is 9.15 Å². The Labute approximate surface area is 120 Å². The van der Waals surface area contributed by atoms with E-state index in [2.05, 4.69) is 0 Å². The SMILES string of the molecule is CSC(C)C(=O)Oc1ccc2oc3ccccc3c2c1. The van der Waals surface area contributed by atoms with Crippen molar-refractivity contribution in [1.82, 2.24) is 0 Å². The van der Waals surface area contributed by atoms with Crippen LogP contribution in [0.3, 0.4) is 0 Å². The van der Waals surface area contributed by atoms with Gasteiger partial charge in [-0.1, -0.05) is 18.2 Å². The van der Waals surface area contributed by atoms with Gasteiger partial charge in [0.25, 0.3) is 0 Å². The van der Waals surface area contributed by atoms with Crippen molar-refractivity contribution in [1.29, 1.82) is 0 Å². The smallest absolute Gasteiger partial charge is 0.324 e. The van der Waals surface area contributed by atoms with Crippen LogP contribution in [0.25, 0.3) is 21.9 Å². The van der Waals surface area contributed by atoms with Crippen LogP contribution in [0.15, 0.2) is 46.9 Å². The first-order valence-electron chi connectivity index (χ1n) is 6.35. The monoisotopic (exact) mass is 286 g/mol. The van der Waals surface area contributed by atoms with Crippen molar-refractivity contribution >= 4 is 39.7 Å². The van der Waals surface area contributed by atoms with Gasteiger partial charge in [0.05, 0.1) is 5.25 Å². The zero-order chi connectivity index (χ0) is 14.1. The highest BCUT2D eigenvalue weighted by Crippen LogP contribution is 2.31. The molecule has 1 atom stereocenters. The topological polar surface area (TPSA) is 39.4 Å². The molecule has 3 aromatic rings. The molecule has 0 aliphatic rings. The molecule has 1 unspecified atom stereocenters. The number of benzene rings is 2. The first-order valence-corrected chi connectivity index (χ1v) is 7.63. The number of furan rings is 1. The van der Waals surface area contributed by atoms with Gasteiger partial charge in [-0.25, -0.2) is 0 Å². The van der Waals surface area contributed by atoms with Crippen LogP contribution in [0.4, 0.5) is 0 Å². The Kier molecular flexibility index (Phi) is 3.40. The summed E-state index contributed by atoms with van der Waals surface area (Å²) in [5.74, 6) is 0.319. The van der Waals surface area contributed by atoms with Crippen LogP contribution < -0.4 is 4.74 Å². The lowest BCUT2D eigenvalue weighted by molar-refractivity contribution is -0.133. The molecule has 0 radical (unpaired) electrons. The summed E-state index contributed by atoms with van der Waals surface area (Å²) < 4.78 is 11.1. The lowest BCUT2D eigenvalue weighted by Crippen LogP contribution is -2.19. The Hall–Kier alpha value is -1.94. The molecule has 0 bridgehead atoms. The van der Waals surface area contributed by atoms with Gasteiger partial charge in [0.15, 0.2) is 0 Å². The van der Waals surface area contributed by atoms with Crippen molar-refractivity contribution in [2.45, 2.75) is 12.2 Å². The molecule has 0 aliphatic carbocycles. The molecule has 0 saturated carbocycles. The molecule has 1 heterocycles. The molecule has 3 nitrogen and oxygen atoms in total. The van der Waals surface area contributed by atoms with E-state index in [1.54, 1.807) is 6.07 Å². The van der Waals surface area contributed by atoms with Crippen molar-refractivity contribution in [3.8, 4) is 5.75 Å². The molecule has 1 aromatic heterocycles. The number of hydrogen-bond donors (Lipinski definition) is 0. The van der Waals surface area contributed by atoms with Crippen molar-refractivity contribution in [2.75, 3.05) is 6.26 Å². The number of rotatable bonds is 3. The zero-order valence-corrected chi connectivity index (χ0v) is 12.1. The molecule has 0 N–H and O–H groups in total. The molecule has 2 aromatic carbocycles. The maximum Gasteiger partial charge on any atom is 0.324 e. The summed E-state index contributed by atoms with van der Waals surface area (Å²) in [7, 11) is 0. The zero-order valence-electron chi connectivity index (χ0n) is 11.3. The Morgan fingerprint density at radius 3 is 2.70 bits per heavy atom. The molecule has 20 heavy (non-hydrogen) atoms. The second-order valence-corrected chi connectivity index (χ2v) is 5.73. The summed E-state index contributed by atoms with van der Waals surface area (Å²) in [6.07, 6.45) is 1.89. The molecule has 0 fully saturated rings. The van der Waals surface area contributed by atoms with Gasteiger partial charge in [0.2, 0.25) is 0 Å². The van der Waals surface area contributed by atoms with E-state index in [1.807, 2.05) is 49.6 Å². The number of carbonyl (C=O) groups is 1. The van der Waals surface area contributed by atoms with E-state index in [-0.39, 0.29) is 11.2 Å². The highest BCUT2D eigenvalue weighted by molar-refractivity contribution is 7.99. The van der Waals surface area contributed by atoms with Crippen LogP contribution in [0.2, 0.25) is 0 Å². The van der Waals surface area contributed by atoms with Gasteiger partial charge in [-0.2, -0.15) is 11.8 Å². The molecule has 0 spiro atoms. The summed E-state index contributed by atoms with van der Waals surface area (Å²) in [6, 6.07) is 13.3. The van der Waals surface area contributed by atoms with Crippen LogP contribution in [0.1, 0.15) is 6.92 Å². The van der Waals surface area contributed by atoms with Gasteiger partial charge in [-0.3, -0.25) is 4.79 Å². The van der Waals surface area contributed by atoms with E-state index >= 15 is 0 Å². The van der Waals surface area contributed by atoms with E-state index < -0.39 is 0 Å². The maximum absolute atomic E-state index is 11.8. The molecule has 4 heteroatoms. The lowest BCUT2D eigenvalue weighted by atomic mass is 10.1. The molecular formula is C16H14O3S. The normalized spacial score (nSPS) is 12.7. The second-order valence-electron chi connectivity index (χ2n) is 4.56. The van der Waals surface area contributed by atoms with Gasteiger partial charge in [0.1, 0.15) is 16.9 Å². The molecule has 0 saturated heterocycles. The van der Waals surface area contributed by atoms with E-state index in [0.29, 0.717) is 5.75 Å². The van der Waals surface area contributed by atoms with E-state index in [4.69, 9.17) is 9.15 Å². The number of hydrogen-bond acceptors (Lipinski definition) is 4. The number of esters is 1. The van der Waals surface area contributed by atoms with Crippen molar-refractivity contribution in [3.63, 3.8) is 0 Å². The van der Waals surface area contributed by atoms with E-state index in [0.717, 1.165) is 21.9 Å². The van der Waals surface area contributed by atoms with Crippen molar-refractivity contribution in [3.05, 3.63) is 42.5 Å². The molecule has 3 rings (SSSR count). The fourth-order valence-corrected chi connectivity index (χ4v) is 2.30. The number of fused-ring (bicyclic) bond motifs is 3. The highest BCUT2D eigenvalue weighted by atomic mass is 32.2. The fourth-order valence-electron chi connectivity index (χ4n) is 2.06. The quantitative estimate of drug-likeness (QED) is 0.533. The Morgan fingerprint density at radius 2 is 1.90 bits per heavy atom. The van der Waals surface area contributed by atoms with Crippen molar-refractivity contribution in [2.24, 2.45) is 0 Å². The first kappa shape index (κ1) is 13.1. The summed E-state index contributed by atoms with van der Waals surface area (Å²) in [5, 5.41) is 1.81. The number of carbonyl (C=O) groups excluding carboxylic acids is 1. The minimum atomic E-state index is -0.232. The predicted octanol–water partition coefficient (Wildman–Crippen LogP) is 4.24. The molecular weight excluding hydrogens is 272 g/mol. The molecule has 0 aliphatic heterocycles. The maximum atomic E-state index is 11.8. The summed E-state index contributed by atoms with van der Waals surface area (Å²) in [5.41, 5.74) is 1.63. The number of thioether (sulfide) groups is 1. The Morgan fingerprint density at radius 1 is 1.15 bits per heavy atom. The third-order valence-electron chi connectivity index (χ3n) is 3.25. The minimum absolute atomic E-state index is 0.174. The number of para-hydroxylation sites is 1. The fraction of sp³-hybridized carbons (Fsp3) is 0.188. The minimum Gasteiger partial charge on any atom is -0.456 e. The standard InChI is InChI=1S/C16H14O3S/c1-10(20-2)16(17)18-11-7-8-15-13(9-11)12-5-3-4-6-14(12)19-15/h3-10H,1-2H3. The van der Waals surface area contributed by atoms with Crippen molar-refractivity contribution < 1.29 is 13.9 Å². The average Bonchev–Trinajstić information content (AvgIpc) is 2.84. The van der Waals surface area contributed by atoms with Crippen LogP contribution >= 0.6 is 11.8 Å². The average molecular weight is 286 g/mol. The Bertz CT molecular complexity index is 776. The van der Waals surface area contributed by atoms with Gasteiger partial charge in [-0.15, -0.1) is 0 Å². The predicted molar refractivity (Wildman–Crippen MR) is 82.3 cm³/mol. The first-order chi connectivity index (χ1) is 9.69. The number of ether oxygens (including phenoxy) is 1. The van der Waals surface area contributed by atoms with Crippen LogP contribution in [0.5, 0.6) is 5.75 Å². The van der Waals surface area contributed by atoms with Gasteiger partial charge >= 0.3 is 5.97 Å². The third kappa shape index (κ3) is 2.27.